The van der Waals surface area contributed by atoms with E-state index in [9.17, 15) is 4.79 Å². The number of ether oxygens (including phenoxy) is 2. The number of hydrogen-bond donors (Lipinski definition) is 0. The molecule has 0 bridgehead atoms. The van der Waals surface area contributed by atoms with Crippen molar-refractivity contribution in [3.63, 3.8) is 0 Å². The first-order valence-corrected chi connectivity index (χ1v) is 10.9. The number of hydrogen-bond acceptors (Lipinski definition) is 5. The second-order valence-corrected chi connectivity index (χ2v) is 8.28. The summed E-state index contributed by atoms with van der Waals surface area (Å²) in [6.07, 6.45) is 3.97. The fourth-order valence-electron chi connectivity index (χ4n) is 3.03. The lowest BCUT2D eigenvalue weighted by atomic mass is 10.1. The fraction of sp³-hybridized carbons (Fsp3) is 0.261. The Labute approximate surface area is 194 Å². The predicted molar refractivity (Wildman–Crippen MR) is 129 cm³/mol. The maximum absolute atomic E-state index is 13.3. The second kappa shape index (κ2) is 10.1. The molecule has 0 aliphatic heterocycles. The Hall–Kier alpha value is -2.64. The lowest BCUT2D eigenvalue weighted by molar-refractivity contribution is 0.326. The molecule has 2 aromatic carbocycles. The fourth-order valence-corrected chi connectivity index (χ4v) is 3.61. The average Bonchev–Trinajstić information content (AvgIpc) is 2.76. The van der Waals surface area contributed by atoms with Crippen LogP contribution in [0.1, 0.15) is 37.6 Å². The van der Waals surface area contributed by atoms with Crippen molar-refractivity contribution in [2.24, 2.45) is 5.10 Å². The van der Waals surface area contributed by atoms with E-state index in [2.05, 4.69) is 27.6 Å². The van der Waals surface area contributed by atoms with Gasteiger partial charge in [-0.15, -0.1) is 0 Å². The number of rotatable bonds is 8. The van der Waals surface area contributed by atoms with E-state index in [-0.39, 0.29) is 18.1 Å². The molecule has 1 heterocycles. The molecule has 0 unspecified atom stereocenters. The van der Waals surface area contributed by atoms with Crippen LogP contribution in [0.15, 0.2) is 57.4 Å². The van der Waals surface area contributed by atoms with E-state index in [0.29, 0.717) is 38.8 Å². The van der Waals surface area contributed by atoms with E-state index in [0.717, 1.165) is 10.9 Å². The number of nitrogens with zero attached hydrogens (tertiary/aromatic N) is 3. The monoisotopic (exact) mass is 503 g/mol. The number of benzene rings is 2. The van der Waals surface area contributed by atoms with Crippen molar-refractivity contribution in [2.75, 3.05) is 13.7 Å². The zero-order valence-corrected chi connectivity index (χ0v) is 19.9. The van der Waals surface area contributed by atoms with Crippen molar-refractivity contribution in [1.82, 2.24) is 9.66 Å². The highest BCUT2D eigenvalue weighted by Crippen LogP contribution is 2.34. The highest BCUT2D eigenvalue weighted by Gasteiger charge is 2.17. The zero-order chi connectivity index (χ0) is 22.5. The number of methoxy groups -OCH3 is 1. The highest BCUT2D eigenvalue weighted by molar-refractivity contribution is 9.10. The summed E-state index contributed by atoms with van der Waals surface area (Å²) in [6.45, 7) is 8.01. The van der Waals surface area contributed by atoms with Crippen molar-refractivity contribution < 1.29 is 9.47 Å². The van der Waals surface area contributed by atoms with Gasteiger partial charge in [0, 0.05) is 27.0 Å². The molecule has 6 nitrogen and oxygen atoms in total. The Bertz CT molecular complexity index is 1210. The SMILES string of the molecule is C=CCOc1c(C=Nn2c([C@H](C)CC)nc3ccc(Br)cc3c2=O)cc(Cl)cc1OC. The first kappa shape index (κ1) is 23.0. The molecule has 162 valence electrons. The van der Waals surface area contributed by atoms with Crippen LogP contribution in [0.2, 0.25) is 5.02 Å². The first-order valence-electron chi connectivity index (χ1n) is 9.77. The molecule has 1 atom stereocenters. The van der Waals surface area contributed by atoms with Gasteiger partial charge in [0.1, 0.15) is 12.4 Å². The van der Waals surface area contributed by atoms with Crippen LogP contribution in [0.3, 0.4) is 0 Å². The molecule has 0 fully saturated rings. The molecule has 0 spiro atoms. The maximum Gasteiger partial charge on any atom is 0.282 e. The van der Waals surface area contributed by atoms with Crippen molar-refractivity contribution in [2.45, 2.75) is 26.2 Å². The molecule has 0 saturated carbocycles. The summed E-state index contributed by atoms with van der Waals surface area (Å²) < 4.78 is 13.3. The third-order valence-corrected chi connectivity index (χ3v) is 5.52. The van der Waals surface area contributed by atoms with E-state index in [1.54, 1.807) is 24.3 Å². The zero-order valence-electron chi connectivity index (χ0n) is 17.6. The Morgan fingerprint density at radius 3 is 2.81 bits per heavy atom. The van der Waals surface area contributed by atoms with E-state index >= 15 is 0 Å². The Kier molecular flexibility index (Phi) is 7.51. The molecule has 0 aliphatic carbocycles. The quantitative estimate of drug-likeness (QED) is 0.288. The molecule has 0 saturated heterocycles. The largest absolute Gasteiger partial charge is 0.493 e. The van der Waals surface area contributed by atoms with Gasteiger partial charge in [0.15, 0.2) is 11.5 Å². The summed E-state index contributed by atoms with van der Waals surface area (Å²) in [5.41, 5.74) is 0.956. The molecule has 0 amide bonds. The van der Waals surface area contributed by atoms with Crippen LogP contribution in [0.4, 0.5) is 0 Å². The molecule has 3 rings (SSSR count). The molecular formula is C23H23BrClN3O3. The smallest absolute Gasteiger partial charge is 0.282 e. The van der Waals surface area contributed by atoms with Crippen LogP contribution in [-0.4, -0.2) is 29.6 Å². The molecule has 0 radical (unpaired) electrons. The minimum Gasteiger partial charge on any atom is -0.493 e. The lowest BCUT2D eigenvalue weighted by Crippen LogP contribution is -2.23. The van der Waals surface area contributed by atoms with Crippen LogP contribution in [-0.2, 0) is 0 Å². The van der Waals surface area contributed by atoms with Gasteiger partial charge in [-0.3, -0.25) is 4.79 Å². The van der Waals surface area contributed by atoms with E-state index < -0.39 is 0 Å². The average molecular weight is 505 g/mol. The molecule has 31 heavy (non-hydrogen) atoms. The van der Waals surface area contributed by atoms with Gasteiger partial charge in [-0.1, -0.05) is 54.0 Å². The van der Waals surface area contributed by atoms with Gasteiger partial charge in [-0.25, -0.2) is 4.98 Å². The van der Waals surface area contributed by atoms with Crippen molar-refractivity contribution in [3.8, 4) is 11.5 Å². The third kappa shape index (κ3) is 4.99. The van der Waals surface area contributed by atoms with Crippen LogP contribution >= 0.6 is 27.5 Å². The van der Waals surface area contributed by atoms with Crippen molar-refractivity contribution >= 4 is 44.6 Å². The molecule has 1 aromatic heterocycles. The molecule has 8 heteroatoms. The molecular weight excluding hydrogens is 482 g/mol. The topological polar surface area (TPSA) is 65.7 Å². The Morgan fingerprint density at radius 2 is 2.13 bits per heavy atom. The van der Waals surface area contributed by atoms with E-state index in [1.165, 1.54) is 18.0 Å². The minimum atomic E-state index is -0.250. The third-order valence-electron chi connectivity index (χ3n) is 4.81. The summed E-state index contributed by atoms with van der Waals surface area (Å²) in [6, 6.07) is 8.79. The van der Waals surface area contributed by atoms with Gasteiger partial charge in [-0.2, -0.15) is 9.78 Å². The normalized spacial score (nSPS) is 12.3. The van der Waals surface area contributed by atoms with Gasteiger partial charge in [0.05, 0.1) is 24.2 Å². The van der Waals surface area contributed by atoms with Crippen LogP contribution in [0.5, 0.6) is 11.5 Å². The highest BCUT2D eigenvalue weighted by atomic mass is 79.9. The molecule has 3 aromatic rings. The van der Waals surface area contributed by atoms with Gasteiger partial charge in [0.2, 0.25) is 0 Å². The molecule has 0 aliphatic rings. The van der Waals surface area contributed by atoms with Crippen molar-refractivity contribution in [3.05, 3.63) is 74.2 Å². The maximum atomic E-state index is 13.3. The van der Waals surface area contributed by atoms with E-state index in [4.69, 9.17) is 26.1 Å². The van der Waals surface area contributed by atoms with Gasteiger partial charge in [-0.05, 0) is 30.7 Å². The van der Waals surface area contributed by atoms with Crippen molar-refractivity contribution in [1.29, 1.82) is 0 Å². The summed E-state index contributed by atoms with van der Waals surface area (Å²) in [5.74, 6) is 1.54. The number of fused-ring (bicyclic) bond motifs is 1. The summed E-state index contributed by atoms with van der Waals surface area (Å²) in [7, 11) is 1.53. The van der Waals surface area contributed by atoms with Crippen LogP contribution in [0.25, 0.3) is 10.9 Å². The number of halogens is 2. The summed E-state index contributed by atoms with van der Waals surface area (Å²) in [4.78, 5) is 18.0. The predicted octanol–water partition coefficient (Wildman–Crippen LogP) is 5.78. The molecule has 0 N–H and O–H groups in total. The standard InChI is InChI=1S/C23H23BrClN3O3/c1-5-9-31-21-15(10-17(25)12-20(21)30-4)13-26-28-22(14(3)6-2)27-19-8-7-16(24)11-18(19)23(28)29/h5,7-8,10-14H,1,6,9H2,2-4H3/t14-/m1/s1. The lowest BCUT2D eigenvalue weighted by Gasteiger charge is -2.15. The van der Waals surface area contributed by atoms with Gasteiger partial charge in [0.25, 0.3) is 5.56 Å². The minimum absolute atomic E-state index is 0.0308. The second-order valence-electron chi connectivity index (χ2n) is 6.93. The first-order chi connectivity index (χ1) is 14.9. The summed E-state index contributed by atoms with van der Waals surface area (Å²) in [5, 5.41) is 5.43. The van der Waals surface area contributed by atoms with Gasteiger partial charge >= 0.3 is 0 Å². The summed E-state index contributed by atoms with van der Waals surface area (Å²) >= 11 is 9.66. The Balaban J connectivity index is 2.21. The van der Waals surface area contributed by atoms with Gasteiger partial charge < -0.3 is 9.47 Å². The van der Waals surface area contributed by atoms with Crippen LogP contribution in [0, 0.1) is 0 Å². The van der Waals surface area contributed by atoms with Crippen LogP contribution < -0.4 is 15.0 Å². The number of aromatic nitrogens is 2. The van der Waals surface area contributed by atoms with E-state index in [1.807, 2.05) is 26.0 Å². The Morgan fingerprint density at radius 1 is 1.35 bits per heavy atom.